The van der Waals surface area contributed by atoms with E-state index in [-0.39, 0.29) is 5.75 Å². The van der Waals surface area contributed by atoms with Crippen LogP contribution in [0.25, 0.3) is 0 Å². The monoisotopic (exact) mass is 362 g/mol. The van der Waals surface area contributed by atoms with Crippen molar-refractivity contribution >= 4 is 28.5 Å². The van der Waals surface area contributed by atoms with E-state index in [1.165, 1.54) is 11.8 Å². The van der Waals surface area contributed by atoms with E-state index in [0.717, 1.165) is 36.3 Å². The molecule has 2 aromatic rings. The average molecular weight is 363 g/mol. The van der Waals surface area contributed by atoms with E-state index < -0.39 is 0 Å². The fourth-order valence-electron chi connectivity index (χ4n) is 2.31. The van der Waals surface area contributed by atoms with E-state index >= 15 is 0 Å². The normalized spacial score (nSPS) is 10.6. The fraction of sp³-hybridized carbons (Fsp3) is 0.316. The first-order chi connectivity index (χ1) is 11.6. The van der Waals surface area contributed by atoms with E-state index in [4.69, 9.17) is 17.0 Å². The summed E-state index contributed by atoms with van der Waals surface area (Å²) in [6, 6.07) is 14.8. The zero-order valence-corrected chi connectivity index (χ0v) is 15.4. The van der Waals surface area contributed by atoms with Crippen LogP contribution in [-0.2, 0) is 6.54 Å². The molecule has 5 heteroatoms. The average Bonchev–Trinajstić information content (AvgIpc) is 2.58. The summed E-state index contributed by atoms with van der Waals surface area (Å²) in [5.74, 6) is 0.266. The van der Waals surface area contributed by atoms with Gasteiger partial charge in [-0.15, -0.1) is 0 Å². The number of nitrogens with zero attached hydrogens (tertiary/aromatic N) is 1. The first kappa shape index (κ1) is 18.7. The molecule has 2 rings (SSSR count). The van der Waals surface area contributed by atoms with Crippen LogP contribution in [0, 0.1) is 5.41 Å². The maximum Gasteiger partial charge on any atom is 0.161 e. The van der Waals surface area contributed by atoms with Gasteiger partial charge in [0.05, 0.1) is 0 Å². The van der Waals surface area contributed by atoms with Gasteiger partial charge in [0.2, 0.25) is 0 Å². The molecule has 0 radical (unpaired) electrons. The highest BCUT2D eigenvalue weighted by molar-refractivity contribution is 8.13. The zero-order valence-electron chi connectivity index (χ0n) is 13.8. The number of unbranched alkanes of at least 4 members (excludes halogenated alkanes) is 2. The van der Waals surface area contributed by atoms with Crippen molar-refractivity contribution in [3.8, 4) is 5.75 Å². The lowest BCUT2D eigenvalue weighted by atomic mass is 10.2. The van der Waals surface area contributed by atoms with Crippen molar-refractivity contribution in [3.63, 3.8) is 0 Å². The number of hydrogen-bond acceptors (Lipinski definition) is 3. The Hall–Kier alpha value is -1.65. The Morgan fingerprint density at radius 3 is 2.38 bits per heavy atom. The number of benzene rings is 2. The number of hydrogen-bond donors (Lipinski definition) is 2. The minimum atomic E-state index is 0.266. The molecule has 0 bridgehead atoms. The lowest BCUT2D eigenvalue weighted by Gasteiger charge is -2.25. The first-order valence-corrected chi connectivity index (χ1v) is 9.32. The Balaban J connectivity index is 2.04. The van der Waals surface area contributed by atoms with Gasteiger partial charge in [-0.05, 0) is 48.4 Å². The highest BCUT2D eigenvalue weighted by Crippen LogP contribution is 2.24. The predicted octanol–water partition coefficient (Wildman–Crippen LogP) is 5.76. The second-order valence-electron chi connectivity index (χ2n) is 5.66. The Bertz CT molecular complexity index is 643. The predicted molar refractivity (Wildman–Crippen MR) is 103 cm³/mol. The second kappa shape index (κ2) is 9.60. The van der Waals surface area contributed by atoms with Gasteiger partial charge in [0.25, 0.3) is 0 Å². The van der Waals surface area contributed by atoms with Crippen molar-refractivity contribution in [1.82, 2.24) is 4.90 Å². The maximum absolute atomic E-state index is 9.42. The minimum Gasteiger partial charge on any atom is -0.508 e. The third-order valence-electron chi connectivity index (χ3n) is 3.66. The highest BCUT2D eigenvalue weighted by atomic mass is 35.5. The molecule has 0 unspecified atom stereocenters. The van der Waals surface area contributed by atoms with Crippen LogP contribution in [0.4, 0.5) is 0 Å². The number of halogens is 1. The van der Waals surface area contributed by atoms with Gasteiger partial charge >= 0.3 is 0 Å². The number of phenols is 1. The summed E-state index contributed by atoms with van der Waals surface area (Å²) in [4.78, 5) is 3.09. The molecule has 0 atom stereocenters. The van der Waals surface area contributed by atoms with Crippen LogP contribution in [0.3, 0.4) is 0 Å². The fourth-order valence-corrected chi connectivity index (χ4v) is 3.21. The van der Waals surface area contributed by atoms with E-state index in [2.05, 4.69) is 11.8 Å². The van der Waals surface area contributed by atoms with Crippen molar-refractivity contribution in [2.24, 2.45) is 0 Å². The van der Waals surface area contributed by atoms with E-state index in [0.29, 0.717) is 16.7 Å². The molecule has 24 heavy (non-hydrogen) atoms. The molecule has 0 aliphatic heterocycles. The molecule has 0 fully saturated rings. The highest BCUT2D eigenvalue weighted by Gasteiger charge is 2.12. The molecule has 0 aliphatic carbocycles. The second-order valence-corrected chi connectivity index (χ2v) is 7.15. The molecule has 0 amide bonds. The van der Waals surface area contributed by atoms with Gasteiger partial charge in [0.1, 0.15) is 5.75 Å². The molecule has 0 aromatic heterocycles. The smallest absolute Gasteiger partial charge is 0.161 e. The Morgan fingerprint density at radius 2 is 1.75 bits per heavy atom. The van der Waals surface area contributed by atoms with Crippen LogP contribution < -0.4 is 0 Å². The molecule has 0 saturated heterocycles. The maximum atomic E-state index is 9.42. The first-order valence-electron chi connectivity index (χ1n) is 8.13. The SMILES string of the molecule is CCCCCN(Cc1ccc(O)cc1)C(=N)Sc1ccc(Cl)cc1. The van der Waals surface area contributed by atoms with Crippen molar-refractivity contribution in [1.29, 1.82) is 5.41 Å². The number of nitrogens with one attached hydrogen (secondary N) is 1. The number of thioether (sulfide) groups is 1. The summed E-state index contributed by atoms with van der Waals surface area (Å²) in [5, 5.41) is 19.1. The van der Waals surface area contributed by atoms with E-state index in [1.54, 1.807) is 12.1 Å². The number of amidine groups is 1. The van der Waals surface area contributed by atoms with Gasteiger partial charge < -0.3 is 10.0 Å². The Morgan fingerprint density at radius 1 is 1.08 bits per heavy atom. The zero-order chi connectivity index (χ0) is 17.4. The molecule has 2 N–H and O–H groups in total. The van der Waals surface area contributed by atoms with Gasteiger partial charge in [0, 0.05) is 23.0 Å². The van der Waals surface area contributed by atoms with Gasteiger partial charge in [-0.3, -0.25) is 5.41 Å². The Labute approximate surface area is 153 Å². The summed E-state index contributed by atoms with van der Waals surface area (Å²) in [6.45, 7) is 3.70. The summed E-state index contributed by atoms with van der Waals surface area (Å²) < 4.78 is 0. The molecule has 0 heterocycles. The molecular weight excluding hydrogens is 340 g/mol. The number of phenolic OH excluding ortho intramolecular Hbond substituents is 1. The topological polar surface area (TPSA) is 47.3 Å². The van der Waals surface area contributed by atoms with Crippen LogP contribution in [0.5, 0.6) is 5.75 Å². The van der Waals surface area contributed by atoms with E-state index in [1.807, 2.05) is 36.4 Å². The summed E-state index contributed by atoms with van der Waals surface area (Å²) in [6.07, 6.45) is 3.38. The molecular formula is C19H23ClN2OS. The minimum absolute atomic E-state index is 0.266. The number of rotatable bonds is 7. The molecule has 128 valence electrons. The van der Waals surface area contributed by atoms with Gasteiger partial charge in [0.15, 0.2) is 5.17 Å². The number of aromatic hydroxyl groups is 1. The van der Waals surface area contributed by atoms with Crippen molar-refractivity contribution in [3.05, 3.63) is 59.1 Å². The lowest BCUT2D eigenvalue weighted by molar-refractivity contribution is 0.402. The van der Waals surface area contributed by atoms with Gasteiger partial charge in [-0.2, -0.15) is 0 Å². The third kappa shape index (κ3) is 6.10. The van der Waals surface area contributed by atoms with Crippen LogP contribution in [0.1, 0.15) is 31.7 Å². The largest absolute Gasteiger partial charge is 0.508 e. The van der Waals surface area contributed by atoms with Crippen LogP contribution in [0.15, 0.2) is 53.4 Å². The van der Waals surface area contributed by atoms with Crippen molar-refractivity contribution in [2.45, 2.75) is 37.6 Å². The van der Waals surface area contributed by atoms with E-state index in [9.17, 15) is 5.11 Å². The molecule has 0 spiro atoms. The van der Waals surface area contributed by atoms with Crippen molar-refractivity contribution < 1.29 is 5.11 Å². The van der Waals surface area contributed by atoms with Crippen LogP contribution >= 0.6 is 23.4 Å². The Kier molecular flexibility index (Phi) is 7.47. The lowest BCUT2D eigenvalue weighted by Crippen LogP contribution is -2.28. The van der Waals surface area contributed by atoms with Crippen LogP contribution in [0.2, 0.25) is 5.02 Å². The summed E-state index contributed by atoms with van der Waals surface area (Å²) in [5.41, 5.74) is 1.09. The third-order valence-corrected chi connectivity index (χ3v) is 4.87. The van der Waals surface area contributed by atoms with Gasteiger partial charge in [-0.25, -0.2) is 0 Å². The molecule has 2 aromatic carbocycles. The quantitative estimate of drug-likeness (QED) is 0.284. The standard InChI is InChI=1S/C19H23ClN2OS/c1-2-3-4-13-22(14-15-5-9-17(23)10-6-15)19(21)24-18-11-7-16(20)8-12-18/h5-12,21,23H,2-4,13-14H2,1H3. The van der Waals surface area contributed by atoms with Gasteiger partial charge in [-0.1, -0.05) is 55.3 Å². The molecule has 0 aliphatic rings. The molecule has 3 nitrogen and oxygen atoms in total. The molecule has 0 saturated carbocycles. The van der Waals surface area contributed by atoms with Crippen molar-refractivity contribution in [2.75, 3.05) is 6.54 Å². The summed E-state index contributed by atoms with van der Waals surface area (Å²) >= 11 is 7.36. The summed E-state index contributed by atoms with van der Waals surface area (Å²) in [7, 11) is 0. The van der Waals surface area contributed by atoms with Crippen LogP contribution in [-0.4, -0.2) is 21.7 Å².